The van der Waals surface area contributed by atoms with E-state index in [-0.39, 0.29) is 11.8 Å². The van der Waals surface area contributed by atoms with E-state index < -0.39 is 9.84 Å². The largest absolute Gasteiger partial charge is 0.399 e. The summed E-state index contributed by atoms with van der Waals surface area (Å²) in [6.45, 7) is 2.11. The molecule has 1 aromatic carbocycles. The first-order valence-electron chi connectivity index (χ1n) is 6.04. The Morgan fingerprint density at radius 1 is 1.29 bits per heavy atom. The number of nitrogen functional groups attached to an aromatic ring is 1. The van der Waals surface area contributed by atoms with E-state index in [1.165, 1.54) is 5.56 Å². The molecular weight excluding hydrogens is 234 g/mol. The standard InChI is InChI=1S/C13H19NO2S/c1-10(11-4-6-13(14)7-5-11)12-3-2-8-17(15,16)9-12/h4-7,10,12H,2-3,8-9,14H2,1H3. The highest BCUT2D eigenvalue weighted by molar-refractivity contribution is 7.91. The van der Waals surface area contributed by atoms with Crippen molar-refractivity contribution in [2.75, 3.05) is 17.2 Å². The molecule has 0 amide bonds. The van der Waals surface area contributed by atoms with Crippen LogP contribution in [0.4, 0.5) is 5.69 Å². The molecule has 0 aliphatic carbocycles. The Kier molecular flexibility index (Phi) is 3.43. The van der Waals surface area contributed by atoms with Gasteiger partial charge in [0.25, 0.3) is 0 Å². The van der Waals surface area contributed by atoms with Crippen molar-refractivity contribution in [1.82, 2.24) is 0 Å². The summed E-state index contributed by atoms with van der Waals surface area (Å²) < 4.78 is 23.3. The molecule has 0 spiro atoms. The summed E-state index contributed by atoms with van der Waals surface area (Å²) in [5.74, 6) is 1.22. The number of benzene rings is 1. The van der Waals surface area contributed by atoms with E-state index >= 15 is 0 Å². The molecule has 2 unspecified atom stereocenters. The highest BCUT2D eigenvalue weighted by atomic mass is 32.2. The zero-order valence-corrected chi connectivity index (χ0v) is 10.9. The van der Waals surface area contributed by atoms with Gasteiger partial charge in [-0.05, 0) is 42.4 Å². The molecule has 94 valence electrons. The van der Waals surface area contributed by atoms with Gasteiger partial charge in [-0.15, -0.1) is 0 Å². The van der Waals surface area contributed by atoms with Gasteiger partial charge in [0, 0.05) is 5.69 Å². The minimum Gasteiger partial charge on any atom is -0.399 e. The zero-order chi connectivity index (χ0) is 12.5. The molecule has 17 heavy (non-hydrogen) atoms. The summed E-state index contributed by atoms with van der Waals surface area (Å²) in [5.41, 5.74) is 7.58. The molecule has 2 atom stereocenters. The smallest absolute Gasteiger partial charge is 0.150 e. The van der Waals surface area contributed by atoms with Crippen LogP contribution in [0.2, 0.25) is 0 Å². The minimum absolute atomic E-state index is 0.248. The van der Waals surface area contributed by atoms with E-state index in [9.17, 15) is 8.42 Å². The van der Waals surface area contributed by atoms with E-state index in [2.05, 4.69) is 6.92 Å². The summed E-state index contributed by atoms with van der Waals surface area (Å²) >= 11 is 0. The summed E-state index contributed by atoms with van der Waals surface area (Å²) in [6.07, 6.45) is 1.80. The average molecular weight is 253 g/mol. The average Bonchev–Trinajstić information content (AvgIpc) is 2.28. The molecule has 1 aliphatic rings. The molecule has 2 N–H and O–H groups in total. The Balaban J connectivity index is 2.14. The maximum atomic E-state index is 11.6. The lowest BCUT2D eigenvalue weighted by Gasteiger charge is -2.27. The molecule has 1 aromatic rings. The van der Waals surface area contributed by atoms with Crippen LogP contribution in [0.3, 0.4) is 0 Å². The van der Waals surface area contributed by atoms with Crippen LogP contribution in [-0.4, -0.2) is 19.9 Å². The molecule has 0 saturated carbocycles. The van der Waals surface area contributed by atoms with Crippen molar-refractivity contribution < 1.29 is 8.42 Å². The molecule has 0 bridgehead atoms. The van der Waals surface area contributed by atoms with E-state index in [4.69, 9.17) is 5.73 Å². The lowest BCUT2D eigenvalue weighted by Crippen LogP contribution is -2.28. The Morgan fingerprint density at radius 2 is 1.94 bits per heavy atom. The number of sulfone groups is 1. The van der Waals surface area contributed by atoms with Crippen molar-refractivity contribution in [3.8, 4) is 0 Å². The van der Waals surface area contributed by atoms with Crippen LogP contribution < -0.4 is 5.73 Å². The second kappa shape index (κ2) is 4.69. The van der Waals surface area contributed by atoms with Gasteiger partial charge in [-0.3, -0.25) is 0 Å². The van der Waals surface area contributed by atoms with Gasteiger partial charge in [0.15, 0.2) is 9.84 Å². The van der Waals surface area contributed by atoms with Crippen molar-refractivity contribution in [3.63, 3.8) is 0 Å². The lowest BCUT2D eigenvalue weighted by molar-refractivity contribution is 0.427. The Labute approximate surface area is 103 Å². The highest BCUT2D eigenvalue weighted by Gasteiger charge is 2.29. The van der Waals surface area contributed by atoms with Crippen LogP contribution in [-0.2, 0) is 9.84 Å². The number of hydrogen-bond acceptors (Lipinski definition) is 3. The fraction of sp³-hybridized carbons (Fsp3) is 0.538. The molecule has 4 heteroatoms. The van der Waals surface area contributed by atoms with Crippen molar-refractivity contribution in [3.05, 3.63) is 29.8 Å². The Morgan fingerprint density at radius 3 is 2.53 bits per heavy atom. The van der Waals surface area contributed by atoms with Crippen molar-refractivity contribution in [1.29, 1.82) is 0 Å². The number of rotatable bonds is 2. The summed E-state index contributed by atoms with van der Waals surface area (Å²) in [4.78, 5) is 0. The monoisotopic (exact) mass is 253 g/mol. The molecule has 0 radical (unpaired) electrons. The van der Waals surface area contributed by atoms with Crippen LogP contribution >= 0.6 is 0 Å². The first-order chi connectivity index (χ1) is 7.98. The van der Waals surface area contributed by atoms with Crippen molar-refractivity contribution in [2.24, 2.45) is 5.92 Å². The number of anilines is 1. The zero-order valence-electron chi connectivity index (χ0n) is 10.1. The normalized spacial score (nSPS) is 25.4. The SMILES string of the molecule is CC(c1ccc(N)cc1)C1CCCS(=O)(=O)C1. The van der Waals surface area contributed by atoms with Gasteiger partial charge in [0.1, 0.15) is 0 Å². The molecule has 1 saturated heterocycles. The van der Waals surface area contributed by atoms with Gasteiger partial charge in [-0.1, -0.05) is 19.1 Å². The van der Waals surface area contributed by atoms with E-state index in [0.717, 1.165) is 18.5 Å². The van der Waals surface area contributed by atoms with Gasteiger partial charge < -0.3 is 5.73 Å². The Hall–Kier alpha value is -1.03. The van der Waals surface area contributed by atoms with Crippen LogP contribution in [0, 0.1) is 5.92 Å². The maximum absolute atomic E-state index is 11.6. The van der Waals surface area contributed by atoms with Crippen LogP contribution in [0.25, 0.3) is 0 Å². The summed E-state index contributed by atoms with van der Waals surface area (Å²) in [5, 5.41) is 0. The van der Waals surface area contributed by atoms with E-state index in [1.807, 2.05) is 24.3 Å². The lowest BCUT2D eigenvalue weighted by atomic mass is 9.86. The predicted molar refractivity (Wildman–Crippen MR) is 70.6 cm³/mol. The van der Waals surface area contributed by atoms with E-state index in [0.29, 0.717) is 11.5 Å². The molecule has 1 aliphatic heterocycles. The second-order valence-corrected chi connectivity index (χ2v) is 7.20. The van der Waals surface area contributed by atoms with Crippen molar-refractivity contribution in [2.45, 2.75) is 25.7 Å². The van der Waals surface area contributed by atoms with Crippen LogP contribution in [0.1, 0.15) is 31.2 Å². The van der Waals surface area contributed by atoms with E-state index in [1.54, 1.807) is 0 Å². The predicted octanol–water partition coefficient (Wildman–Crippen LogP) is 2.20. The van der Waals surface area contributed by atoms with Gasteiger partial charge in [0.2, 0.25) is 0 Å². The van der Waals surface area contributed by atoms with Gasteiger partial charge in [0.05, 0.1) is 11.5 Å². The molecule has 3 nitrogen and oxygen atoms in total. The molecular formula is C13H19NO2S. The number of nitrogens with two attached hydrogens (primary N) is 1. The van der Waals surface area contributed by atoms with Crippen molar-refractivity contribution >= 4 is 15.5 Å². The first-order valence-corrected chi connectivity index (χ1v) is 7.86. The first kappa shape index (κ1) is 12.4. The maximum Gasteiger partial charge on any atom is 0.150 e. The number of hydrogen-bond donors (Lipinski definition) is 1. The molecule has 0 aromatic heterocycles. The van der Waals surface area contributed by atoms with Crippen LogP contribution in [0.5, 0.6) is 0 Å². The Bertz CT molecular complexity index is 479. The topological polar surface area (TPSA) is 60.2 Å². The molecule has 1 fully saturated rings. The second-order valence-electron chi connectivity index (χ2n) is 4.97. The van der Waals surface area contributed by atoms with Gasteiger partial charge in [-0.2, -0.15) is 0 Å². The molecule has 1 heterocycles. The third-order valence-corrected chi connectivity index (χ3v) is 5.51. The third-order valence-electron chi connectivity index (χ3n) is 3.67. The minimum atomic E-state index is -2.82. The summed E-state index contributed by atoms with van der Waals surface area (Å²) in [7, 11) is -2.82. The van der Waals surface area contributed by atoms with Crippen LogP contribution in [0.15, 0.2) is 24.3 Å². The quantitative estimate of drug-likeness (QED) is 0.822. The van der Waals surface area contributed by atoms with Gasteiger partial charge in [-0.25, -0.2) is 8.42 Å². The third kappa shape index (κ3) is 3.00. The molecule has 2 rings (SSSR count). The fourth-order valence-corrected chi connectivity index (χ4v) is 4.41. The summed E-state index contributed by atoms with van der Waals surface area (Å²) in [6, 6.07) is 7.76. The van der Waals surface area contributed by atoms with Gasteiger partial charge >= 0.3 is 0 Å². The fourth-order valence-electron chi connectivity index (χ4n) is 2.52. The highest BCUT2D eigenvalue weighted by Crippen LogP contribution is 2.32.